The molecule has 5 heteroatoms. The maximum atomic E-state index is 10.6. The average Bonchev–Trinajstić information content (AvgIpc) is 2.90. The minimum absolute atomic E-state index is 0.429. The quantitative estimate of drug-likeness (QED) is 0.837. The molecule has 1 aliphatic carbocycles. The van der Waals surface area contributed by atoms with E-state index in [2.05, 4.69) is 15.2 Å². The number of nitrogens with zero attached hydrogens (tertiary/aromatic N) is 3. The second-order valence-electron chi connectivity index (χ2n) is 4.03. The van der Waals surface area contributed by atoms with E-state index in [4.69, 9.17) is 0 Å². The van der Waals surface area contributed by atoms with Gasteiger partial charge in [-0.1, -0.05) is 36.4 Å². The van der Waals surface area contributed by atoms with Crippen molar-refractivity contribution in [2.24, 2.45) is 10.2 Å². The van der Waals surface area contributed by atoms with Crippen molar-refractivity contribution in [3.05, 3.63) is 53.0 Å². The van der Waals surface area contributed by atoms with Crippen molar-refractivity contribution in [1.82, 2.24) is 4.98 Å². The van der Waals surface area contributed by atoms with Crippen molar-refractivity contribution in [3.63, 3.8) is 0 Å². The van der Waals surface area contributed by atoms with Gasteiger partial charge in [-0.15, -0.1) is 21.6 Å². The first-order valence-corrected chi connectivity index (χ1v) is 6.47. The van der Waals surface area contributed by atoms with Crippen molar-refractivity contribution < 1.29 is 5.11 Å². The van der Waals surface area contributed by atoms with E-state index in [0.717, 1.165) is 11.1 Å². The first-order chi connectivity index (χ1) is 8.78. The Morgan fingerprint density at radius 3 is 3.06 bits per heavy atom. The van der Waals surface area contributed by atoms with Gasteiger partial charge in [-0.05, 0) is 5.56 Å². The Morgan fingerprint density at radius 1 is 1.33 bits per heavy atom. The molecule has 1 aromatic carbocycles. The molecule has 0 saturated carbocycles. The van der Waals surface area contributed by atoms with E-state index in [1.807, 2.05) is 41.8 Å². The van der Waals surface area contributed by atoms with Crippen LogP contribution in [0.1, 0.15) is 17.5 Å². The Hall–Kier alpha value is -1.85. The Bertz CT molecular complexity index is 606. The lowest BCUT2D eigenvalue weighted by molar-refractivity contribution is 0.0408. The van der Waals surface area contributed by atoms with Gasteiger partial charge in [-0.2, -0.15) is 0 Å². The number of fused-ring (bicyclic) bond motifs is 1. The Morgan fingerprint density at radius 2 is 2.22 bits per heavy atom. The largest absolute Gasteiger partial charge is 0.364 e. The van der Waals surface area contributed by atoms with Crippen molar-refractivity contribution in [1.29, 1.82) is 0 Å². The van der Waals surface area contributed by atoms with Crippen LogP contribution in [0.15, 0.2) is 52.1 Å². The van der Waals surface area contributed by atoms with Gasteiger partial charge in [0.05, 0.1) is 0 Å². The molecule has 3 rings (SSSR count). The summed E-state index contributed by atoms with van der Waals surface area (Å²) in [7, 11) is 0. The summed E-state index contributed by atoms with van der Waals surface area (Å²) in [6.45, 7) is 0. The van der Waals surface area contributed by atoms with Crippen LogP contribution in [0, 0.1) is 0 Å². The summed E-state index contributed by atoms with van der Waals surface area (Å²) < 4.78 is 0. The molecule has 18 heavy (non-hydrogen) atoms. The third kappa shape index (κ3) is 1.98. The number of azo groups is 1. The molecule has 0 amide bonds. The summed E-state index contributed by atoms with van der Waals surface area (Å²) in [6.07, 6.45) is 5.99. The van der Waals surface area contributed by atoms with Crippen LogP contribution in [-0.4, -0.2) is 10.1 Å². The molecule has 0 radical (unpaired) electrons. The lowest BCUT2D eigenvalue weighted by atomic mass is 9.90. The predicted octanol–water partition coefficient (Wildman–Crippen LogP) is 3.49. The Balaban J connectivity index is 1.98. The van der Waals surface area contributed by atoms with Crippen molar-refractivity contribution in [3.8, 4) is 0 Å². The molecule has 1 aromatic heterocycles. The van der Waals surface area contributed by atoms with E-state index in [-0.39, 0.29) is 0 Å². The van der Waals surface area contributed by atoms with Crippen LogP contribution in [0.25, 0.3) is 6.08 Å². The van der Waals surface area contributed by atoms with Crippen LogP contribution in [0.5, 0.6) is 0 Å². The van der Waals surface area contributed by atoms with Crippen molar-refractivity contribution in [2.75, 3.05) is 0 Å². The van der Waals surface area contributed by atoms with Crippen molar-refractivity contribution in [2.45, 2.75) is 12.1 Å². The summed E-state index contributed by atoms with van der Waals surface area (Å²) in [5, 5.41) is 21.1. The highest BCUT2D eigenvalue weighted by Gasteiger charge is 2.32. The van der Waals surface area contributed by atoms with Gasteiger partial charge in [0.25, 0.3) is 0 Å². The molecule has 90 valence electrons. The molecule has 2 aromatic rings. The van der Waals surface area contributed by atoms with Crippen LogP contribution >= 0.6 is 11.3 Å². The molecule has 1 unspecified atom stereocenters. The molecular weight excluding hydrogens is 246 g/mol. The van der Waals surface area contributed by atoms with E-state index >= 15 is 0 Å². The number of hydrogen-bond donors (Lipinski definition) is 1. The third-order valence-corrected chi connectivity index (χ3v) is 3.47. The third-order valence-electron chi connectivity index (χ3n) is 2.81. The van der Waals surface area contributed by atoms with Gasteiger partial charge < -0.3 is 5.11 Å². The van der Waals surface area contributed by atoms with Crippen LogP contribution in [-0.2, 0) is 5.72 Å². The SMILES string of the molecule is OC1(N=Nc2nccs2)CC=Cc2ccccc21. The van der Waals surface area contributed by atoms with Gasteiger partial charge in [0.2, 0.25) is 10.9 Å². The molecule has 1 atom stereocenters. The summed E-state index contributed by atoms with van der Waals surface area (Å²) in [5.74, 6) is 0. The zero-order valence-corrected chi connectivity index (χ0v) is 10.3. The number of aliphatic hydroxyl groups is 1. The van der Waals surface area contributed by atoms with Gasteiger partial charge in [0.15, 0.2) is 0 Å². The fourth-order valence-electron chi connectivity index (χ4n) is 1.95. The van der Waals surface area contributed by atoms with Gasteiger partial charge in [-0.25, -0.2) is 4.98 Å². The van der Waals surface area contributed by atoms with E-state index in [1.54, 1.807) is 6.20 Å². The second-order valence-corrected chi connectivity index (χ2v) is 4.90. The molecule has 1 heterocycles. The Labute approximate surface area is 108 Å². The molecule has 0 spiro atoms. The topological polar surface area (TPSA) is 57.8 Å². The van der Waals surface area contributed by atoms with Gasteiger partial charge >= 0.3 is 0 Å². The zero-order chi connectivity index (χ0) is 12.4. The maximum absolute atomic E-state index is 10.6. The number of rotatable bonds is 2. The smallest absolute Gasteiger partial charge is 0.229 e. The lowest BCUT2D eigenvalue weighted by Gasteiger charge is -2.26. The first-order valence-electron chi connectivity index (χ1n) is 5.59. The second kappa shape index (κ2) is 4.44. The van der Waals surface area contributed by atoms with Crippen LogP contribution in [0.2, 0.25) is 0 Å². The number of aromatic nitrogens is 1. The van der Waals surface area contributed by atoms with Crippen LogP contribution < -0.4 is 0 Å². The minimum atomic E-state index is -1.28. The molecule has 0 bridgehead atoms. The molecular formula is C13H11N3OS. The first kappa shape index (κ1) is 11.3. The fraction of sp³-hybridized carbons (Fsp3) is 0.154. The van der Waals surface area contributed by atoms with Gasteiger partial charge in [-0.3, -0.25) is 0 Å². The minimum Gasteiger partial charge on any atom is -0.364 e. The highest BCUT2D eigenvalue weighted by Crippen LogP contribution is 2.35. The highest BCUT2D eigenvalue weighted by molar-refractivity contribution is 7.13. The van der Waals surface area contributed by atoms with Crippen molar-refractivity contribution >= 4 is 22.5 Å². The fourth-order valence-corrected chi connectivity index (χ4v) is 2.41. The zero-order valence-electron chi connectivity index (χ0n) is 9.52. The van der Waals surface area contributed by atoms with Crippen LogP contribution in [0.3, 0.4) is 0 Å². The molecule has 0 saturated heterocycles. The standard InChI is InChI=1S/C13H11N3OS/c17-13(16-15-12-14-8-9-18-12)7-3-5-10-4-1-2-6-11(10)13/h1-6,8-9,17H,7H2. The summed E-state index contributed by atoms with van der Waals surface area (Å²) >= 11 is 1.39. The molecule has 4 nitrogen and oxygen atoms in total. The van der Waals surface area contributed by atoms with Gasteiger partial charge in [0, 0.05) is 23.6 Å². The predicted molar refractivity (Wildman–Crippen MR) is 70.6 cm³/mol. The van der Waals surface area contributed by atoms with E-state index in [9.17, 15) is 5.11 Å². The normalized spacial score (nSPS) is 22.3. The highest BCUT2D eigenvalue weighted by atomic mass is 32.1. The van der Waals surface area contributed by atoms with Gasteiger partial charge in [0.1, 0.15) is 0 Å². The number of benzene rings is 1. The number of hydrogen-bond acceptors (Lipinski definition) is 5. The van der Waals surface area contributed by atoms with E-state index in [0.29, 0.717) is 11.6 Å². The summed E-state index contributed by atoms with van der Waals surface area (Å²) in [4.78, 5) is 4.02. The molecule has 0 aliphatic heterocycles. The average molecular weight is 257 g/mol. The monoisotopic (exact) mass is 257 g/mol. The molecule has 1 aliphatic rings. The van der Waals surface area contributed by atoms with E-state index < -0.39 is 5.72 Å². The molecule has 1 N–H and O–H groups in total. The van der Waals surface area contributed by atoms with E-state index in [1.165, 1.54) is 11.3 Å². The maximum Gasteiger partial charge on any atom is 0.229 e. The molecule has 0 fully saturated rings. The summed E-state index contributed by atoms with van der Waals surface area (Å²) in [5.41, 5.74) is 0.481. The number of thiazole rings is 1. The summed E-state index contributed by atoms with van der Waals surface area (Å²) in [6, 6.07) is 7.66. The van der Waals surface area contributed by atoms with Crippen LogP contribution in [0.4, 0.5) is 5.13 Å². The Kier molecular flexibility index (Phi) is 2.77. The lowest BCUT2D eigenvalue weighted by Crippen LogP contribution is -2.24.